The number of aldehydes is 1. The number of Topliss-reactive ketones (excluding diaryl/α,β-unsaturated/α-hetero) is 1. The fraction of sp³-hybridized carbons (Fsp3) is 0.280. The largest absolute Gasteiger partial charge is 0.417 e. The van der Waals surface area contributed by atoms with Gasteiger partial charge in [-0.3, -0.25) is 19.5 Å². The smallest absolute Gasteiger partial charge is 0.338 e. The summed E-state index contributed by atoms with van der Waals surface area (Å²) in [6, 6.07) is 10.1. The number of pyridine rings is 1. The molecule has 1 aromatic carbocycles. The molecule has 2 aromatic heterocycles. The third-order valence-corrected chi connectivity index (χ3v) is 7.22. The van der Waals surface area contributed by atoms with Crippen molar-refractivity contribution in [2.75, 3.05) is 22.2 Å². The number of thiophene rings is 1. The lowest BCUT2D eigenvalue weighted by molar-refractivity contribution is -0.137. The van der Waals surface area contributed by atoms with Crippen molar-refractivity contribution in [2.45, 2.75) is 38.1 Å². The van der Waals surface area contributed by atoms with E-state index in [9.17, 15) is 27.6 Å². The van der Waals surface area contributed by atoms with Gasteiger partial charge in [0.25, 0.3) is 0 Å². The Kier molecular flexibility index (Phi) is 7.32. The van der Waals surface area contributed by atoms with Crippen molar-refractivity contribution in [3.05, 3.63) is 71.4 Å². The summed E-state index contributed by atoms with van der Waals surface area (Å²) in [5, 5.41) is 6.72. The number of benzene rings is 1. The molecule has 1 aliphatic heterocycles. The number of hydrogen-bond acceptors (Lipinski definition) is 7. The van der Waals surface area contributed by atoms with Crippen LogP contribution < -0.4 is 15.5 Å². The number of halogens is 3. The number of aromatic nitrogens is 1. The van der Waals surface area contributed by atoms with Gasteiger partial charge in [0, 0.05) is 29.3 Å². The Morgan fingerprint density at radius 2 is 1.92 bits per heavy atom. The first-order valence-corrected chi connectivity index (χ1v) is 12.1. The van der Waals surface area contributed by atoms with E-state index in [2.05, 4.69) is 15.6 Å². The number of nitrogens with one attached hydrogen (secondary N) is 2. The molecule has 1 unspecified atom stereocenters. The van der Waals surface area contributed by atoms with E-state index in [-0.39, 0.29) is 24.5 Å². The van der Waals surface area contributed by atoms with Gasteiger partial charge >= 0.3 is 12.2 Å². The molecule has 0 radical (unpaired) electrons. The summed E-state index contributed by atoms with van der Waals surface area (Å²) in [5.41, 5.74) is -0.0310. The average Bonchev–Trinajstić information content (AvgIpc) is 3.44. The maximum Gasteiger partial charge on any atom is 0.417 e. The number of urea groups is 1. The second-order valence-corrected chi connectivity index (χ2v) is 9.92. The number of alkyl halides is 3. The van der Waals surface area contributed by atoms with Gasteiger partial charge in [0.05, 0.1) is 29.1 Å². The number of para-hydroxylation sites is 1. The van der Waals surface area contributed by atoms with Crippen LogP contribution in [0.1, 0.15) is 25.0 Å². The third kappa shape index (κ3) is 5.65. The molecule has 1 atom stereocenters. The molecule has 3 aromatic rings. The minimum Gasteiger partial charge on any atom is -0.338 e. The van der Waals surface area contributed by atoms with Gasteiger partial charge < -0.3 is 15.5 Å². The topological polar surface area (TPSA) is 94.6 Å². The third-order valence-electron chi connectivity index (χ3n) is 6.25. The highest BCUT2D eigenvalue weighted by atomic mass is 32.1. The molecule has 2 N–H and O–H groups in total. The number of carbonyl (C=O) groups is 3. The lowest BCUT2D eigenvalue weighted by Gasteiger charge is -2.34. The Morgan fingerprint density at radius 1 is 1.19 bits per heavy atom. The van der Waals surface area contributed by atoms with Gasteiger partial charge in [-0.15, -0.1) is 11.3 Å². The Balaban J connectivity index is 1.58. The van der Waals surface area contributed by atoms with Crippen LogP contribution in [0.5, 0.6) is 0 Å². The summed E-state index contributed by atoms with van der Waals surface area (Å²) in [6.45, 7) is 3.83. The molecular weight excluding hydrogens is 507 g/mol. The number of hydrogen-bond donors (Lipinski definition) is 2. The van der Waals surface area contributed by atoms with Gasteiger partial charge in [-0.05, 0) is 43.7 Å². The van der Waals surface area contributed by atoms with Crippen LogP contribution in [-0.4, -0.2) is 46.2 Å². The summed E-state index contributed by atoms with van der Waals surface area (Å²) in [6.07, 6.45) is -1.27. The molecular formula is C25H24F3N5O3S. The zero-order valence-electron chi connectivity index (χ0n) is 20.0. The van der Waals surface area contributed by atoms with E-state index in [1.54, 1.807) is 50.4 Å². The first kappa shape index (κ1) is 26.3. The molecule has 0 bridgehead atoms. The van der Waals surface area contributed by atoms with E-state index in [1.807, 2.05) is 11.0 Å². The Labute approximate surface area is 215 Å². The summed E-state index contributed by atoms with van der Waals surface area (Å²) < 4.78 is 39.7. The molecule has 0 spiro atoms. The monoisotopic (exact) mass is 531 g/mol. The van der Waals surface area contributed by atoms with Gasteiger partial charge in [0.15, 0.2) is 6.29 Å². The summed E-state index contributed by atoms with van der Waals surface area (Å²) >= 11 is 0.863. The number of anilines is 3. The molecule has 194 valence electrons. The Hall–Kier alpha value is -3.77. The zero-order valence-corrected chi connectivity index (χ0v) is 20.8. The van der Waals surface area contributed by atoms with Crippen LogP contribution in [0.25, 0.3) is 0 Å². The predicted octanol–water partition coefficient (Wildman–Crippen LogP) is 5.00. The molecule has 1 fully saturated rings. The highest BCUT2D eigenvalue weighted by Crippen LogP contribution is 2.42. The van der Waals surface area contributed by atoms with Crippen LogP contribution in [0.4, 0.5) is 34.3 Å². The van der Waals surface area contributed by atoms with Crippen molar-refractivity contribution in [1.82, 2.24) is 9.88 Å². The molecule has 4 rings (SSSR count). The number of carbonyl (C=O) groups excluding carboxylic acids is 3. The maximum absolute atomic E-state index is 13.2. The highest BCUT2D eigenvalue weighted by molar-refractivity contribution is 7.14. The average molecular weight is 532 g/mol. The van der Waals surface area contributed by atoms with Gasteiger partial charge in [-0.1, -0.05) is 18.2 Å². The zero-order chi connectivity index (χ0) is 26.8. The van der Waals surface area contributed by atoms with Crippen molar-refractivity contribution in [3.8, 4) is 0 Å². The van der Waals surface area contributed by atoms with Gasteiger partial charge in [0.1, 0.15) is 6.04 Å². The van der Waals surface area contributed by atoms with Crippen LogP contribution in [0.15, 0.2) is 60.2 Å². The molecule has 3 heterocycles. The quantitative estimate of drug-likeness (QED) is 0.329. The van der Waals surface area contributed by atoms with Crippen molar-refractivity contribution >= 4 is 45.8 Å². The first-order valence-electron chi connectivity index (χ1n) is 11.2. The lowest BCUT2D eigenvalue weighted by atomic mass is 9.91. The van der Waals surface area contributed by atoms with Crippen molar-refractivity contribution in [2.24, 2.45) is 0 Å². The van der Waals surface area contributed by atoms with Crippen molar-refractivity contribution in [1.29, 1.82) is 0 Å². The van der Waals surface area contributed by atoms with E-state index in [1.165, 1.54) is 11.1 Å². The number of amides is 2. The molecule has 1 saturated heterocycles. The molecule has 12 heteroatoms. The van der Waals surface area contributed by atoms with Crippen LogP contribution in [0.2, 0.25) is 0 Å². The van der Waals surface area contributed by atoms with Gasteiger partial charge in [0.2, 0.25) is 5.78 Å². The van der Waals surface area contributed by atoms with E-state index < -0.39 is 35.1 Å². The standard InChI is InChI=1S/C25H24F3N5O3S/c1-24(2)22(20(35)13-34)33(21-10-17(14-37-21)25(26,27)28)15-32(24)12-16-8-9-29-11-19(16)31-23(36)30-18-6-4-3-5-7-18/h3-11,13-14,22H,12,15H2,1-2H3,(H2,30,31,36). The van der Waals surface area contributed by atoms with Crippen LogP contribution in [0, 0.1) is 0 Å². The molecule has 37 heavy (non-hydrogen) atoms. The summed E-state index contributed by atoms with van der Waals surface area (Å²) in [4.78, 5) is 44.2. The SMILES string of the molecule is CC1(C)C(C(=O)C=O)N(c2cc(C(F)(F)F)cs2)CN1Cc1ccncc1NC(=O)Nc1ccccc1. The van der Waals surface area contributed by atoms with E-state index in [4.69, 9.17) is 0 Å². The Morgan fingerprint density at radius 3 is 2.57 bits per heavy atom. The fourth-order valence-corrected chi connectivity index (χ4v) is 5.27. The molecule has 1 aliphatic rings. The first-order chi connectivity index (χ1) is 17.5. The second kappa shape index (κ2) is 10.3. The number of rotatable bonds is 7. The maximum atomic E-state index is 13.2. The minimum atomic E-state index is -4.52. The Bertz CT molecular complexity index is 1300. The van der Waals surface area contributed by atoms with Gasteiger partial charge in [-0.2, -0.15) is 13.2 Å². The number of nitrogens with zero attached hydrogens (tertiary/aromatic N) is 3. The van der Waals surface area contributed by atoms with Crippen LogP contribution in [0.3, 0.4) is 0 Å². The van der Waals surface area contributed by atoms with Crippen LogP contribution in [-0.2, 0) is 22.3 Å². The molecule has 0 aliphatic carbocycles. The van der Waals surface area contributed by atoms with E-state index >= 15 is 0 Å². The fourth-order valence-electron chi connectivity index (χ4n) is 4.33. The number of ketones is 1. The minimum absolute atomic E-state index is 0.0903. The predicted molar refractivity (Wildman–Crippen MR) is 134 cm³/mol. The van der Waals surface area contributed by atoms with Crippen molar-refractivity contribution in [3.63, 3.8) is 0 Å². The molecule has 2 amide bonds. The molecule has 0 saturated carbocycles. The summed E-state index contributed by atoms with van der Waals surface area (Å²) in [5.74, 6) is -0.732. The summed E-state index contributed by atoms with van der Waals surface area (Å²) in [7, 11) is 0. The lowest BCUT2D eigenvalue weighted by Crippen LogP contribution is -2.51. The van der Waals surface area contributed by atoms with Crippen molar-refractivity contribution < 1.29 is 27.6 Å². The second-order valence-electron chi connectivity index (χ2n) is 9.03. The highest BCUT2D eigenvalue weighted by Gasteiger charge is 2.50. The molecule has 8 nitrogen and oxygen atoms in total. The van der Waals surface area contributed by atoms with Gasteiger partial charge in [-0.25, -0.2) is 4.79 Å². The normalized spacial score (nSPS) is 17.4. The van der Waals surface area contributed by atoms with E-state index in [0.717, 1.165) is 22.8 Å². The van der Waals surface area contributed by atoms with E-state index in [0.29, 0.717) is 16.9 Å². The van der Waals surface area contributed by atoms with Crippen LogP contribution >= 0.6 is 11.3 Å².